The molecular formula is C50H68Cl2F6N5O4PRuS2. The number of aryl methyl sites for hydroxylation is 8. The third-order valence-electron chi connectivity index (χ3n) is 12.7. The van der Waals surface area contributed by atoms with Crippen LogP contribution in [0.4, 0.5) is 37.7 Å². The molecule has 71 heavy (non-hydrogen) atoms. The number of imidazole rings is 1. The van der Waals surface area contributed by atoms with Crippen molar-refractivity contribution >= 4 is 63.3 Å². The number of alkyl halides is 6. The number of benzene rings is 3. The zero-order chi connectivity index (χ0) is 52.9. The van der Waals surface area contributed by atoms with E-state index in [2.05, 4.69) is 118 Å². The average Bonchev–Trinajstić information content (AvgIpc) is 3.87. The molecule has 1 saturated heterocycles. The summed E-state index contributed by atoms with van der Waals surface area (Å²) in [5.74, 6) is 1.39. The Bertz CT molecular complexity index is 2440. The summed E-state index contributed by atoms with van der Waals surface area (Å²) in [5.41, 5.74) is 1.51. The molecule has 0 bridgehead atoms. The Hall–Kier alpha value is -2.59. The van der Waals surface area contributed by atoms with Crippen LogP contribution in [0.2, 0.25) is 0 Å². The van der Waals surface area contributed by atoms with E-state index in [9.17, 15) is 43.2 Å². The zero-order valence-corrected chi connectivity index (χ0v) is 47.5. The van der Waals surface area contributed by atoms with Crippen LogP contribution in [-0.4, -0.2) is 67.6 Å². The predicted octanol–water partition coefficient (Wildman–Crippen LogP) is 13.8. The first-order valence-electron chi connectivity index (χ1n) is 23.6. The molecule has 1 aliphatic heterocycles. The van der Waals surface area contributed by atoms with Crippen LogP contribution in [0, 0.1) is 55.1 Å². The van der Waals surface area contributed by atoms with Gasteiger partial charge in [0.1, 0.15) is 12.4 Å². The molecule has 1 aromatic heterocycles. The maximum atomic E-state index is 11.4. The summed E-state index contributed by atoms with van der Waals surface area (Å²) in [7, 11) is 0.327. The summed E-state index contributed by atoms with van der Waals surface area (Å²) >= 11 is -1.61. The van der Waals surface area contributed by atoms with Crippen LogP contribution in [0.15, 0.2) is 67.0 Å². The van der Waals surface area contributed by atoms with E-state index in [1.54, 1.807) is 25.7 Å². The number of rotatable bonds is 11. The molecule has 3 aliphatic rings. The summed E-state index contributed by atoms with van der Waals surface area (Å²) in [4.78, 5) is 4.56. The molecular weight excluding hydrogens is 1120 g/mol. The van der Waals surface area contributed by atoms with Crippen LogP contribution in [0.25, 0.3) is 4.13 Å². The van der Waals surface area contributed by atoms with Crippen molar-refractivity contribution in [2.75, 3.05) is 29.1 Å². The summed E-state index contributed by atoms with van der Waals surface area (Å²) in [6.07, 6.45) is 22.7. The van der Waals surface area contributed by atoms with Gasteiger partial charge in [0.05, 0.1) is 13.6 Å². The number of aromatic nitrogens is 2. The molecule has 4 aromatic rings. The van der Waals surface area contributed by atoms with Gasteiger partial charge in [-0.25, -0.2) is 26.0 Å². The summed E-state index contributed by atoms with van der Waals surface area (Å²) in [6, 6.07) is 18.9. The third-order valence-corrected chi connectivity index (χ3v) is 21.0. The Labute approximate surface area is 433 Å². The van der Waals surface area contributed by atoms with E-state index < -0.39 is 44.6 Å². The minimum atomic E-state index is -6.72. The first kappa shape index (κ1) is 61.0. The van der Waals surface area contributed by atoms with Gasteiger partial charge in [-0.2, -0.15) is 26.3 Å². The van der Waals surface area contributed by atoms with E-state index in [-0.39, 0.29) is 7.92 Å². The van der Waals surface area contributed by atoms with Crippen LogP contribution in [0.5, 0.6) is 0 Å². The summed E-state index contributed by atoms with van der Waals surface area (Å²) < 4.78 is 116. The third kappa shape index (κ3) is 18.3. The number of hydrogen-bond acceptors (Lipinski definition) is 6. The van der Waals surface area contributed by atoms with E-state index in [0.717, 1.165) is 34.1 Å². The predicted molar refractivity (Wildman–Crippen MR) is 276 cm³/mol. The van der Waals surface area contributed by atoms with Crippen molar-refractivity contribution in [2.45, 2.75) is 148 Å². The molecule has 2 saturated carbocycles. The second-order valence-corrected chi connectivity index (χ2v) is 30.4. The molecule has 2 heterocycles. The van der Waals surface area contributed by atoms with Crippen molar-refractivity contribution < 1.29 is 61.3 Å². The van der Waals surface area contributed by atoms with Crippen LogP contribution in [-0.2, 0) is 47.2 Å². The Morgan fingerprint density at radius 1 is 0.704 bits per heavy atom. The molecule has 3 aromatic carbocycles. The SMILES string of the molecule is Cc1cc(C)c(N2[C]N(c3c(C)cc(C)cc3C)CC2)c(C)c1.Cc1n(CCCP(C2CCCCC2)C2CCCCC2)cc[n+]1C.O=S(=O)([N-]S(=O)(=O)C(F)(F)F)C(F)(F)F.[Cl][Ru]([Cl])=[CH]c1ccccc1. The Morgan fingerprint density at radius 2 is 1.11 bits per heavy atom. The van der Waals surface area contributed by atoms with E-state index in [1.807, 2.05) is 34.9 Å². The summed E-state index contributed by atoms with van der Waals surface area (Å²) in [6.45, 7) is 22.1. The van der Waals surface area contributed by atoms with Crippen molar-refractivity contribution in [2.24, 2.45) is 7.05 Å². The van der Waals surface area contributed by atoms with Crippen molar-refractivity contribution in [1.29, 1.82) is 0 Å². The molecule has 21 heteroatoms. The number of nitrogens with zero attached hydrogens (tertiary/aromatic N) is 5. The fourth-order valence-corrected chi connectivity index (χ4v) is 17.0. The molecule has 2 radical (unpaired) electrons. The van der Waals surface area contributed by atoms with E-state index in [4.69, 9.17) is 19.4 Å². The van der Waals surface area contributed by atoms with Gasteiger partial charge in [0.15, 0.2) is 20.0 Å². The van der Waals surface area contributed by atoms with E-state index in [1.165, 1.54) is 108 Å². The quantitative estimate of drug-likeness (QED) is 0.0642. The van der Waals surface area contributed by atoms with Crippen LogP contribution >= 0.6 is 27.3 Å². The number of sulfonamides is 2. The molecule has 7 rings (SSSR count). The number of anilines is 2. The Morgan fingerprint density at radius 3 is 1.46 bits per heavy atom. The maximum absolute atomic E-state index is 11.4. The molecule has 398 valence electrons. The van der Waals surface area contributed by atoms with Crippen LogP contribution < -0.4 is 14.4 Å². The zero-order valence-electron chi connectivity index (χ0n) is 41.7. The standard InChI is InChI=1S/C21H26N2.C20H36N2P.C7H6.C2F6NO4S2.2ClH.Ru/c1-14-9-16(3)20(17(4)10-14)22-7-8-23(13-22)21-18(5)11-15(2)12-19(21)6;1-18-21(2)15-16-22(18)14-9-17-23(19-10-5-3-6-11-19)20-12-7-4-8-13-20;1-7-5-3-2-4-6-7;3-1(4,5)14(10,11)9-15(12,13)2(6,7)8;;;/h9-12H,7-8H2,1-6H3;15-16,19-20H,3-14,17H2,1-2H3;1-6H;;2*1H;/q;+1;;-1;;;+2/p-2. The fourth-order valence-electron chi connectivity index (χ4n) is 9.54. The van der Waals surface area contributed by atoms with Crippen LogP contribution in [0.1, 0.15) is 115 Å². The van der Waals surface area contributed by atoms with Crippen molar-refractivity contribution in [3.8, 4) is 0 Å². The molecule has 0 atom stereocenters. The van der Waals surface area contributed by atoms with Gasteiger partial charge in [0.2, 0.25) is 6.67 Å². The average molecular weight is 1180 g/mol. The Balaban J connectivity index is 0.000000215. The van der Waals surface area contributed by atoms with E-state index >= 15 is 0 Å². The normalized spacial score (nSPS) is 16.4. The first-order chi connectivity index (χ1) is 33.1. The van der Waals surface area contributed by atoms with Gasteiger partial charge < -0.3 is 13.9 Å². The first-order valence-corrected chi connectivity index (χ1v) is 33.6. The van der Waals surface area contributed by atoms with Gasteiger partial charge in [-0.1, -0.05) is 73.9 Å². The van der Waals surface area contributed by atoms with Crippen molar-refractivity contribution in [3.63, 3.8) is 0 Å². The topological polar surface area (TPSA) is 97.7 Å². The number of halogens is 8. The molecule has 0 unspecified atom stereocenters. The van der Waals surface area contributed by atoms with Gasteiger partial charge in [0.25, 0.3) is 5.82 Å². The van der Waals surface area contributed by atoms with Gasteiger partial charge in [0, 0.05) is 31.4 Å². The Kier molecular flexibility index (Phi) is 23.4. The second-order valence-electron chi connectivity index (χ2n) is 18.4. The van der Waals surface area contributed by atoms with Crippen LogP contribution in [0.3, 0.4) is 0 Å². The molecule has 3 fully saturated rings. The van der Waals surface area contributed by atoms with Gasteiger partial charge in [-0.3, -0.25) is 0 Å². The molecule has 9 nitrogen and oxygen atoms in total. The fraction of sp³-hybridized carbons (Fsp3) is 0.540. The van der Waals surface area contributed by atoms with E-state index in [0.29, 0.717) is 0 Å². The molecule has 0 spiro atoms. The number of hydrogen-bond donors (Lipinski definition) is 0. The molecule has 0 amide bonds. The van der Waals surface area contributed by atoms with Crippen molar-refractivity contribution in [3.05, 3.63) is 123 Å². The second kappa shape index (κ2) is 27.3. The molecule has 2 aliphatic carbocycles. The molecule has 0 N–H and O–H groups in total. The monoisotopic (exact) mass is 1180 g/mol. The van der Waals surface area contributed by atoms with Crippen molar-refractivity contribution in [1.82, 2.24) is 4.57 Å². The van der Waals surface area contributed by atoms with Gasteiger partial charge in [-0.15, -0.1) is 7.92 Å². The van der Waals surface area contributed by atoms with Gasteiger partial charge >= 0.3 is 84.4 Å². The van der Waals surface area contributed by atoms with Gasteiger partial charge in [-0.05, 0) is 113 Å². The summed E-state index contributed by atoms with van der Waals surface area (Å²) in [5, 5.41) is 0. The minimum absolute atomic E-state index is 0.284.